The third kappa shape index (κ3) is 3.56. The fourth-order valence-electron chi connectivity index (χ4n) is 1.77. The summed E-state index contributed by atoms with van der Waals surface area (Å²) in [6.07, 6.45) is 10.2. The number of carbonyl (C=O) groups is 1. The number of rotatable bonds is 6. The molecule has 3 nitrogen and oxygen atoms in total. The van der Waals surface area contributed by atoms with Gasteiger partial charge >= 0.3 is 0 Å². The van der Waals surface area contributed by atoms with Gasteiger partial charge in [-0.05, 0) is 25.7 Å². The molecule has 0 spiro atoms. The van der Waals surface area contributed by atoms with Gasteiger partial charge in [-0.15, -0.1) is 12.3 Å². The molecule has 1 rings (SSSR count). The van der Waals surface area contributed by atoms with E-state index in [4.69, 9.17) is 11.5 Å². The average molecular weight is 209 g/mol. The first kappa shape index (κ1) is 12.1. The maximum atomic E-state index is 11.8. The average Bonchev–Trinajstić information content (AvgIpc) is 2.17. The van der Waals surface area contributed by atoms with E-state index in [0.717, 1.165) is 12.8 Å². The zero-order valence-corrected chi connectivity index (χ0v) is 9.11. The topological polar surface area (TPSA) is 40.5 Å². The van der Waals surface area contributed by atoms with Crippen LogP contribution in [-0.4, -0.2) is 35.1 Å². The highest BCUT2D eigenvalue weighted by Gasteiger charge is 2.27. The van der Waals surface area contributed by atoms with Gasteiger partial charge in [0.05, 0.1) is 0 Å². The largest absolute Gasteiger partial charge is 0.396 e. The standard InChI is InChI=1S/C12H19NO2/c1-2-3-8-12(15)13(9-5-10-14)11-6-4-7-11/h1,11,14H,3-10H2. The first-order valence-electron chi connectivity index (χ1n) is 5.63. The van der Waals surface area contributed by atoms with Crippen molar-refractivity contribution in [3.8, 4) is 12.3 Å². The van der Waals surface area contributed by atoms with Gasteiger partial charge in [0.1, 0.15) is 0 Å². The van der Waals surface area contributed by atoms with Gasteiger partial charge in [0.15, 0.2) is 0 Å². The highest BCUT2D eigenvalue weighted by atomic mass is 16.3. The van der Waals surface area contributed by atoms with Gasteiger partial charge in [-0.25, -0.2) is 0 Å². The third-order valence-electron chi connectivity index (χ3n) is 2.88. The van der Waals surface area contributed by atoms with Crippen LogP contribution in [0.25, 0.3) is 0 Å². The van der Waals surface area contributed by atoms with E-state index in [9.17, 15) is 4.79 Å². The van der Waals surface area contributed by atoms with E-state index in [-0.39, 0.29) is 12.5 Å². The molecule has 0 aromatic heterocycles. The lowest BCUT2D eigenvalue weighted by Crippen LogP contribution is -2.44. The Morgan fingerprint density at radius 1 is 1.53 bits per heavy atom. The molecule has 0 bridgehead atoms. The molecule has 0 aliphatic heterocycles. The number of hydrogen-bond donors (Lipinski definition) is 1. The number of hydrogen-bond acceptors (Lipinski definition) is 2. The molecule has 0 heterocycles. The first-order valence-corrected chi connectivity index (χ1v) is 5.63. The van der Waals surface area contributed by atoms with E-state index < -0.39 is 0 Å². The molecule has 0 aromatic rings. The van der Waals surface area contributed by atoms with Crippen molar-refractivity contribution in [1.29, 1.82) is 0 Å². The minimum atomic E-state index is 0.144. The number of terminal acetylenes is 1. The van der Waals surface area contributed by atoms with Gasteiger partial charge in [-0.1, -0.05) is 0 Å². The number of aliphatic hydroxyl groups excluding tert-OH is 1. The number of carbonyl (C=O) groups excluding carboxylic acids is 1. The summed E-state index contributed by atoms with van der Waals surface area (Å²) in [5, 5.41) is 8.78. The summed E-state index contributed by atoms with van der Waals surface area (Å²) >= 11 is 0. The van der Waals surface area contributed by atoms with Crippen LogP contribution in [0.4, 0.5) is 0 Å². The van der Waals surface area contributed by atoms with Crippen LogP contribution in [0.15, 0.2) is 0 Å². The summed E-state index contributed by atoms with van der Waals surface area (Å²) < 4.78 is 0. The van der Waals surface area contributed by atoms with Crippen molar-refractivity contribution in [2.24, 2.45) is 0 Å². The molecule has 0 aromatic carbocycles. The van der Waals surface area contributed by atoms with Gasteiger partial charge in [-0.3, -0.25) is 4.79 Å². The fraction of sp³-hybridized carbons (Fsp3) is 0.750. The van der Waals surface area contributed by atoms with Crippen LogP contribution in [0.3, 0.4) is 0 Å². The molecule has 0 unspecified atom stereocenters. The third-order valence-corrected chi connectivity index (χ3v) is 2.88. The minimum Gasteiger partial charge on any atom is -0.396 e. The predicted molar refractivity (Wildman–Crippen MR) is 59.1 cm³/mol. The second kappa shape index (κ2) is 6.47. The fourth-order valence-corrected chi connectivity index (χ4v) is 1.77. The SMILES string of the molecule is C#CCCC(=O)N(CCCO)C1CCC1. The maximum absolute atomic E-state index is 11.8. The van der Waals surface area contributed by atoms with Crippen LogP contribution in [0.2, 0.25) is 0 Å². The molecule has 0 radical (unpaired) electrons. The van der Waals surface area contributed by atoms with E-state index in [0.29, 0.717) is 31.8 Å². The molecular formula is C12H19NO2. The molecule has 1 amide bonds. The Bertz CT molecular complexity index is 240. The smallest absolute Gasteiger partial charge is 0.223 e. The number of amides is 1. The normalized spacial score (nSPS) is 15.5. The number of aliphatic hydroxyl groups is 1. The second-order valence-corrected chi connectivity index (χ2v) is 3.95. The van der Waals surface area contributed by atoms with Crippen LogP contribution in [0.5, 0.6) is 0 Å². The van der Waals surface area contributed by atoms with E-state index in [1.807, 2.05) is 4.90 Å². The molecule has 3 heteroatoms. The molecule has 1 N–H and O–H groups in total. The lowest BCUT2D eigenvalue weighted by molar-refractivity contribution is -0.135. The Balaban J connectivity index is 2.39. The summed E-state index contributed by atoms with van der Waals surface area (Å²) in [6.45, 7) is 0.816. The summed E-state index contributed by atoms with van der Waals surface area (Å²) in [5.74, 6) is 2.63. The number of nitrogens with zero attached hydrogens (tertiary/aromatic N) is 1. The maximum Gasteiger partial charge on any atom is 0.223 e. The Labute approximate surface area is 91.5 Å². The van der Waals surface area contributed by atoms with Crippen LogP contribution < -0.4 is 0 Å². The monoisotopic (exact) mass is 209 g/mol. The quantitative estimate of drug-likeness (QED) is 0.667. The van der Waals surface area contributed by atoms with Crippen LogP contribution in [0, 0.1) is 12.3 Å². The molecule has 1 aliphatic carbocycles. The van der Waals surface area contributed by atoms with Gasteiger partial charge in [0.2, 0.25) is 5.91 Å². The van der Waals surface area contributed by atoms with E-state index in [2.05, 4.69) is 5.92 Å². The van der Waals surface area contributed by atoms with Gasteiger partial charge in [0.25, 0.3) is 0 Å². The molecule has 0 atom stereocenters. The molecule has 0 saturated heterocycles. The van der Waals surface area contributed by atoms with Crippen molar-refractivity contribution in [2.45, 2.75) is 44.6 Å². The molecule has 84 valence electrons. The molecule has 1 aliphatic rings. The second-order valence-electron chi connectivity index (χ2n) is 3.95. The lowest BCUT2D eigenvalue weighted by atomic mass is 9.91. The Kier molecular flexibility index (Phi) is 5.20. The molecule has 1 fully saturated rings. The van der Waals surface area contributed by atoms with Crippen LogP contribution in [-0.2, 0) is 4.79 Å². The zero-order valence-electron chi connectivity index (χ0n) is 9.11. The summed E-state index contributed by atoms with van der Waals surface area (Å²) in [6, 6.07) is 0.404. The van der Waals surface area contributed by atoms with Gasteiger partial charge in [0, 0.05) is 32.0 Å². The summed E-state index contributed by atoms with van der Waals surface area (Å²) in [4.78, 5) is 13.7. The Morgan fingerprint density at radius 3 is 2.73 bits per heavy atom. The van der Waals surface area contributed by atoms with Crippen LogP contribution in [0.1, 0.15) is 38.5 Å². The van der Waals surface area contributed by atoms with E-state index >= 15 is 0 Å². The molecule has 1 saturated carbocycles. The van der Waals surface area contributed by atoms with Crippen molar-refractivity contribution in [3.05, 3.63) is 0 Å². The van der Waals surface area contributed by atoms with Crippen molar-refractivity contribution in [1.82, 2.24) is 4.90 Å². The van der Waals surface area contributed by atoms with Crippen LogP contribution >= 0.6 is 0 Å². The molecule has 15 heavy (non-hydrogen) atoms. The van der Waals surface area contributed by atoms with E-state index in [1.165, 1.54) is 6.42 Å². The van der Waals surface area contributed by atoms with Crippen molar-refractivity contribution >= 4 is 5.91 Å². The molecular weight excluding hydrogens is 190 g/mol. The lowest BCUT2D eigenvalue weighted by Gasteiger charge is -2.37. The van der Waals surface area contributed by atoms with Crippen molar-refractivity contribution < 1.29 is 9.90 Å². The zero-order chi connectivity index (χ0) is 11.1. The summed E-state index contributed by atoms with van der Waals surface area (Å²) in [7, 11) is 0. The first-order chi connectivity index (χ1) is 7.29. The minimum absolute atomic E-state index is 0.144. The summed E-state index contributed by atoms with van der Waals surface area (Å²) in [5.41, 5.74) is 0. The van der Waals surface area contributed by atoms with Gasteiger partial charge in [-0.2, -0.15) is 0 Å². The Morgan fingerprint density at radius 2 is 2.27 bits per heavy atom. The predicted octanol–water partition coefficient (Wildman–Crippen LogP) is 1.16. The Hall–Kier alpha value is -1.01. The highest BCUT2D eigenvalue weighted by molar-refractivity contribution is 5.76. The van der Waals surface area contributed by atoms with Gasteiger partial charge < -0.3 is 10.0 Å². The van der Waals surface area contributed by atoms with E-state index in [1.54, 1.807) is 0 Å². The van der Waals surface area contributed by atoms with Crippen molar-refractivity contribution in [2.75, 3.05) is 13.2 Å². The highest BCUT2D eigenvalue weighted by Crippen LogP contribution is 2.25. The van der Waals surface area contributed by atoms with Crippen molar-refractivity contribution in [3.63, 3.8) is 0 Å².